The molecule has 1 saturated heterocycles. The summed E-state index contributed by atoms with van der Waals surface area (Å²) in [5.74, 6) is -0.962. The van der Waals surface area contributed by atoms with E-state index in [0.717, 1.165) is 6.42 Å². The first-order chi connectivity index (χ1) is 10.8. The van der Waals surface area contributed by atoms with E-state index in [-0.39, 0.29) is 29.9 Å². The number of nitrogens with two attached hydrogens (primary N) is 1. The molecule has 2 atom stereocenters. The van der Waals surface area contributed by atoms with Crippen LogP contribution in [-0.4, -0.2) is 41.9 Å². The average Bonchev–Trinajstić information content (AvgIpc) is 2.88. The van der Waals surface area contributed by atoms with Crippen LogP contribution in [0.25, 0.3) is 0 Å². The van der Waals surface area contributed by atoms with Crippen LogP contribution in [0.1, 0.15) is 33.1 Å². The quantitative estimate of drug-likeness (QED) is 0.879. The fraction of sp³-hybridized carbons (Fsp3) is 0.529. The molecule has 5 nitrogen and oxygen atoms in total. The average molecular weight is 358 g/mol. The van der Waals surface area contributed by atoms with Crippen molar-refractivity contribution in [3.05, 3.63) is 30.1 Å². The summed E-state index contributed by atoms with van der Waals surface area (Å²) >= 11 is 0. The van der Waals surface area contributed by atoms with Crippen molar-refractivity contribution in [2.45, 2.75) is 44.7 Å². The van der Waals surface area contributed by atoms with E-state index in [2.05, 4.69) is 0 Å². The number of hydrogen-bond donors (Lipinski definition) is 1. The van der Waals surface area contributed by atoms with Crippen molar-refractivity contribution in [1.82, 2.24) is 4.90 Å². The number of halogens is 2. The molecule has 1 aromatic carbocycles. The standard InChI is InChI=1S/C17H24FN3O2.ClH/c1-4-10-17(2,19)16(23)20(3)14-9-11-21(15(14)22)13-8-6-5-7-12(13)18;/h5-8,14H,4,9-11,19H2,1-3H3;1H. The third kappa shape index (κ3) is 3.87. The van der Waals surface area contributed by atoms with E-state index in [4.69, 9.17) is 5.73 Å². The third-order valence-corrected chi connectivity index (χ3v) is 4.37. The third-order valence-electron chi connectivity index (χ3n) is 4.37. The van der Waals surface area contributed by atoms with Crippen LogP contribution in [-0.2, 0) is 9.59 Å². The molecule has 1 aliphatic heterocycles. The number of carbonyl (C=O) groups excluding carboxylic acids is 2. The Balaban J connectivity index is 0.00000288. The normalized spacial score (nSPS) is 19.6. The topological polar surface area (TPSA) is 66.6 Å². The largest absolute Gasteiger partial charge is 0.332 e. The fourth-order valence-corrected chi connectivity index (χ4v) is 3.10. The Labute approximate surface area is 148 Å². The highest BCUT2D eigenvalue weighted by Gasteiger charge is 2.41. The summed E-state index contributed by atoms with van der Waals surface area (Å²) in [5.41, 5.74) is 5.34. The minimum Gasteiger partial charge on any atom is -0.332 e. The van der Waals surface area contributed by atoms with Crippen molar-refractivity contribution in [1.29, 1.82) is 0 Å². The van der Waals surface area contributed by atoms with Crippen LogP contribution < -0.4 is 10.6 Å². The number of carbonyl (C=O) groups is 2. The molecule has 7 heteroatoms. The summed E-state index contributed by atoms with van der Waals surface area (Å²) in [5, 5.41) is 0. The molecule has 2 unspecified atom stereocenters. The van der Waals surface area contributed by atoms with Crippen molar-refractivity contribution in [2.24, 2.45) is 5.73 Å². The van der Waals surface area contributed by atoms with Crippen molar-refractivity contribution < 1.29 is 14.0 Å². The Morgan fingerprint density at radius 1 is 1.46 bits per heavy atom. The van der Waals surface area contributed by atoms with Gasteiger partial charge >= 0.3 is 0 Å². The van der Waals surface area contributed by atoms with E-state index in [1.807, 2.05) is 6.92 Å². The number of nitrogens with zero attached hydrogens (tertiary/aromatic N) is 2. The van der Waals surface area contributed by atoms with Gasteiger partial charge in [0.25, 0.3) is 0 Å². The van der Waals surface area contributed by atoms with Crippen LogP contribution in [0.3, 0.4) is 0 Å². The van der Waals surface area contributed by atoms with Gasteiger partial charge in [-0.05, 0) is 31.9 Å². The van der Waals surface area contributed by atoms with Crippen LogP contribution in [0, 0.1) is 5.82 Å². The summed E-state index contributed by atoms with van der Waals surface area (Å²) in [6, 6.07) is 5.56. The molecule has 1 aromatic rings. The molecule has 2 N–H and O–H groups in total. The van der Waals surface area contributed by atoms with E-state index in [9.17, 15) is 14.0 Å². The Morgan fingerprint density at radius 2 is 2.08 bits per heavy atom. The summed E-state index contributed by atoms with van der Waals surface area (Å²) in [6.45, 7) is 4.03. The second-order valence-electron chi connectivity index (χ2n) is 6.33. The van der Waals surface area contributed by atoms with E-state index in [0.29, 0.717) is 19.4 Å². The first-order valence-corrected chi connectivity index (χ1v) is 7.91. The number of benzene rings is 1. The number of hydrogen-bond acceptors (Lipinski definition) is 3. The fourth-order valence-electron chi connectivity index (χ4n) is 3.10. The van der Waals surface area contributed by atoms with E-state index >= 15 is 0 Å². The molecule has 1 aliphatic rings. The van der Waals surface area contributed by atoms with Crippen molar-refractivity contribution in [3.8, 4) is 0 Å². The van der Waals surface area contributed by atoms with Crippen LogP contribution in [0.2, 0.25) is 0 Å². The van der Waals surface area contributed by atoms with Gasteiger partial charge in [0.05, 0.1) is 11.2 Å². The van der Waals surface area contributed by atoms with Gasteiger partial charge in [-0.15, -0.1) is 12.4 Å². The first-order valence-electron chi connectivity index (χ1n) is 7.91. The number of likely N-dealkylation sites (N-methyl/N-ethyl adjacent to an activating group) is 1. The molecule has 1 fully saturated rings. The molecule has 2 amide bonds. The summed E-state index contributed by atoms with van der Waals surface area (Å²) in [4.78, 5) is 28.0. The zero-order valence-electron chi connectivity index (χ0n) is 14.3. The SMILES string of the molecule is CCCC(C)(N)C(=O)N(C)C1CCN(c2ccccc2F)C1=O.Cl. The maximum absolute atomic E-state index is 13.9. The van der Waals surface area contributed by atoms with Gasteiger partial charge in [-0.2, -0.15) is 0 Å². The lowest BCUT2D eigenvalue weighted by molar-refractivity contribution is -0.141. The highest BCUT2D eigenvalue weighted by atomic mass is 35.5. The highest BCUT2D eigenvalue weighted by molar-refractivity contribution is 6.02. The van der Waals surface area contributed by atoms with Gasteiger partial charge in [-0.3, -0.25) is 9.59 Å². The molecule has 0 aromatic heterocycles. The number of anilines is 1. The minimum atomic E-state index is -0.991. The zero-order valence-corrected chi connectivity index (χ0v) is 15.1. The maximum Gasteiger partial charge on any atom is 0.249 e. The first kappa shape index (κ1) is 20.4. The van der Waals surface area contributed by atoms with Crippen LogP contribution in [0.4, 0.5) is 10.1 Å². The molecular weight excluding hydrogens is 333 g/mol. The molecule has 0 aliphatic carbocycles. The minimum absolute atomic E-state index is 0. The predicted molar refractivity (Wildman–Crippen MR) is 94.7 cm³/mol. The lowest BCUT2D eigenvalue weighted by atomic mass is 9.95. The zero-order chi connectivity index (χ0) is 17.2. The van der Waals surface area contributed by atoms with E-state index in [1.165, 1.54) is 15.9 Å². The summed E-state index contributed by atoms with van der Waals surface area (Å²) in [7, 11) is 1.59. The summed E-state index contributed by atoms with van der Waals surface area (Å²) < 4.78 is 13.9. The second kappa shape index (κ2) is 7.94. The van der Waals surface area contributed by atoms with Crippen molar-refractivity contribution >= 4 is 29.9 Å². The Hall–Kier alpha value is -1.66. The molecule has 1 heterocycles. The molecule has 0 saturated carbocycles. The molecular formula is C17H25ClFN3O2. The molecule has 134 valence electrons. The Kier molecular flexibility index (Phi) is 6.75. The van der Waals surface area contributed by atoms with Gasteiger partial charge < -0.3 is 15.5 Å². The number of rotatable bonds is 5. The van der Waals surface area contributed by atoms with Gasteiger partial charge in [-0.1, -0.05) is 25.5 Å². The Bertz CT molecular complexity index is 609. The molecule has 0 bridgehead atoms. The highest BCUT2D eigenvalue weighted by Crippen LogP contribution is 2.27. The van der Waals surface area contributed by atoms with Crippen molar-refractivity contribution in [2.75, 3.05) is 18.5 Å². The van der Waals surface area contributed by atoms with Crippen molar-refractivity contribution in [3.63, 3.8) is 0 Å². The van der Waals surface area contributed by atoms with Gasteiger partial charge in [-0.25, -0.2) is 4.39 Å². The Morgan fingerprint density at radius 3 is 2.67 bits per heavy atom. The monoisotopic (exact) mass is 357 g/mol. The van der Waals surface area contributed by atoms with Crippen LogP contribution in [0.15, 0.2) is 24.3 Å². The smallest absolute Gasteiger partial charge is 0.249 e. The second-order valence-corrected chi connectivity index (χ2v) is 6.33. The number of para-hydroxylation sites is 1. The van der Waals surface area contributed by atoms with Gasteiger partial charge in [0.1, 0.15) is 11.9 Å². The maximum atomic E-state index is 13.9. The molecule has 2 rings (SSSR count). The summed E-state index contributed by atoms with van der Waals surface area (Å²) in [6.07, 6.45) is 1.80. The lowest BCUT2D eigenvalue weighted by Crippen LogP contribution is -2.56. The number of amides is 2. The van der Waals surface area contributed by atoms with Gasteiger partial charge in [0.2, 0.25) is 11.8 Å². The lowest BCUT2D eigenvalue weighted by Gasteiger charge is -2.32. The van der Waals surface area contributed by atoms with Crippen LogP contribution >= 0.6 is 12.4 Å². The van der Waals surface area contributed by atoms with Crippen LogP contribution in [0.5, 0.6) is 0 Å². The molecule has 24 heavy (non-hydrogen) atoms. The molecule has 0 radical (unpaired) electrons. The van der Waals surface area contributed by atoms with Gasteiger partial charge in [0.15, 0.2) is 0 Å². The van der Waals surface area contributed by atoms with Gasteiger partial charge in [0, 0.05) is 13.6 Å². The van der Waals surface area contributed by atoms with E-state index < -0.39 is 17.4 Å². The molecule has 0 spiro atoms. The predicted octanol–water partition coefficient (Wildman–Crippen LogP) is 2.33. The van der Waals surface area contributed by atoms with E-state index in [1.54, 1.807) is 32.2 Å².